The Hall–Kier alpha value is -2.07. The third kappa shape index (κ3) is 4.46. The predicted octanol–water partition coefficient (Wildman–Crippen LogP) is 4.52. The zero-order valence-corrected chi connectivity index (χ0v) is 13.2. The lowest BCUT2D eigenvalue weighted by Crippen LogP contribution is -2.34. The number of rotatable bonds is 5. The molecular weight excluding hydrogens is 280 g/mol. The maximum absolute atomic E-state index is 5.76. The highest BCUT2D eigenvalue weighted by molar-refractivity contribution is 7.80. The van der Waals surface area contributed by atoms with Crippen molar-refractivity contribution in [3.63, 3.8) is 0 Å². The zero-order valence-electron chi connectivity index (χ0n) is 12.4. The first kappa shape index (κ1) is 15.3. The van der Waals surface area contributed by atoms with Crippen LogP contribution in [0, 0.1) is 0 Å². The molecule has 0 atom stereocenters. The van der Waals surface area contributed by atoms with Gasteiger partial charge < -0.3 is 15.0 Å². The van der Waals surface area contributed by atoms with E-state index in [2.05, 4.69) is 24.1 Å². The van der Waals surface area contributed by atoms with Gasteiger partial charge in [0.25, 0.3) is 0 Å². The molecule has 0 unspecified atom stereocenters. The summed E-state index contributed by atoms with van der Waals surface area (Å²) in [6.45, 7) is 5.98. The van der Waals surface area contributed by atoms with Crippen molar-refractivity contribution in [3.05, 3.63) is 54.6 Å². The van der Waals surface area contributed by atoms with Crippen molar-refractivity contribution < 1.29 is 4.74 Å². The molecule has 0 saturated heterocycles. The maximum atomic E-state index is 5.76. The largest absolute Gasteiger partial charge is 0.457 e. The lowest BCUT2D eigenvalue weighted by atomic mass is 10.3. The molecule has 0 aliphatic rings. The standard InChI is InChI=1S/C17H20N2OS/c1-3-19(4-2)17(21)18-14-10-12-16(13-11-14)20-15-8-6-5-7-9-15/h5-13H,3-4H2,1-2H3,(H,18,21). The molecule has 110 valence electrons. The topological polar surface area (TPSA) is 24.5 Å². The Labute approximate surface area is 131 Å². The summed E-state index contributed by atoms with van der Waals surface area (Å²) in [5.74, 6) is 1.64. The summed E-state index contributed by atoms with van der Waals surface area (Å²) in [5, 5.41) is 3.98. The number of hydrogen-bond acceptors (Lipinski definition) is 2. The molecule has 0 saturated carbocycles. The summed E-state index contributed by atoms with van der Waals surface area (Å²) in [4.78, 5) is 2.10. The summed E-state index contributed by atoms with van der Waals surface area (Å²) in [7, 11) is 0. The molecule has 0 spiro atoms. The minimum absolute atomic E-state index is 0.747. The number of nitrogens with zero attached hydrogens (tertiary/aromatic N) is 1. The molecule has 21 heavy (non-hydrogen) atoms. The molecule has 0 fully saturated rings. The normalized spacial score (nSPS) is 10.0. The second-order valence-electron chi connectivity index (χ2n) is 4.54. The van der Waals surface area contributed by atoms with Gasteiger partial charge >= 0.3 is 0 Å². The fourth-order valence-corrected chi connectivity index (χ4v) is 2.32. The van der Waals surface area contributed by atoms with E-state index in [1.54, 1.807) is 0 Å². The first-order chi connectivity index (χ1) is 10.2. The van der Waals surface area contributed by atoms with E-state index in [-0.39, 0.29) is 0 Å². The Morgan fingerprint density at radius 3 is 2.10 bits per heavy atom. The van der Waals surface area contributed by atoms with E-state index in [0.29, 0.717) is 0 Å². The average molecular weight is 300 g/mol. The maximum Gasteiger partial charge on any atom is 0.173 e. The summed E-state index contributed by atoms with van der Waals surface area (Å²) < 4.78 is 5.76. The van der Waals surface area contributed by atoms with Gasteiger partial charge in [0.15, 0.2) is 5.11 Å². The Bertz CT molecular complexity index is 565. The van der Waals surface area contributed by atoms with Gasteiger partial charge in [-0.25, -0.2) is 0 Å². The van der Waals surface area contributed by atoms with E-state index >= 15 is 0 Å². The molecule has 0 amide bonds. The Balaban J connectivity index is 1.97. The predicted molar refractivity (Wildman–Crippen MR) is 92.1 cm³/mol. The number of benzene rings is 2. The van der Waals surface area contributed by atoms with Crippen molar-refractivity contribution in [2.75, 3.05) is 18.4 Å². The highest BCUT2D eigenvalue weighted by Gasteiger charge is 2.05. The van der Waals surface area contributed by atoms with Gasteiger partial charge in [-0.1, -0.05) is 18.2 Å². The Morgan fingerprint density at radius 1 is 0.952 bits per heavy atom. The van der Waals surface area contributed by atoms with Crippen LogP contribution in [0.4, 0.5) is 5.69 Å². The molecule has 1 N–H and O–H groups in total. The third-order valence-electron chi connectivity index (χ3n) is 3.14. The van der Waals surface area contributed by atoms with E-state index in [9.17, 15) is 0 Å². The van der Waals surface area contributed by atoms with Gasteiger partial charge in [0.05, 0.1) is 0 Å². The van der Waals surface area contributed by atoms with Crippen LogP contribution in [-0.4, -0.2) is 23.1 Å². The smallest absolute Gasteiger partial charge is 0.173 e. The number of hydrogen-bond donors (Lipinski definition) is 1. The minimum Gasteiger partial charge on any atom is -0.457 e. The molecule has 2 rings (SSSR count). The average Bonchev–Trinajstić information content (AvgIpc) is 2.51. The van der Waals surface area contributed by atoms with Crippen LogP contribution in [0.2, 0.25) is 0 Å². The summed E-state index contributed by atoms with van der Waals surface area (Å²) >= 11 is 5.38. The number of nitrogens with one attached hydrogen (secondary N) is 1. The van der Waals surface area contributed by atoms with Gasteiger partial charge in [0.1, 0.15) is 11.5 Å². The van der Waals surface area contributed by atoms with Crippen LogP contribution in [0.3, 0.4) is 0 Å². The molecule has 0 radical (unpaired) electrons. The molecule has 2 aromatic rings. The summed E-state index contributed by atoms with van der Waals surface area (Å²) in [6, 6.07) is 17.5. The first-order valence-electron chi connectivity index (χ1n) is 7.11. The highest BCUT2D eigenvalue weighted by atomic mass is 32.1. The minimum atomic E-state index is 0.747. The van der Waals surface area contributed by atoms with E-state index < -0.39 is 0 Å². The number of thiocarbonyl (C=S) groups is 1. The van der Waals surface area contributed by atoms with E-state index in [1.807, 2.05) is 54.6 Å². The lowest BCUT2D eigenvalue weighted by molar-refractivity contribution is 0.472. The van der Waals surface area contributed by atoms with E-state index in [1.165, 1.54) is 0 Å². The van der Waals surface area contributed by atoms with E-state index in [0.717, 1.165) is 35.4 Å². The van der Waals surface area contributed by atoms with Crippen LogP contribution in [0.5, 0.6) is 11.5 Å². The SMILES string of the molecule is CCN(CC)C(=S)Nc1ccc(Oc2ccccc2)cc1. The van der Waals surface area contributed by atoms with Crippen molar-refractivity contribution in [1.29, 1.82) is 0 Å². The molecule has 0 heterocycles. The van der Waals surface area contributed by atoms with Crippen molar-refractivity contribution in [2.24, 2.45) is 0 Å². The Morgan fingerprint density at radius 2 is 1.52 bits per heavy atom. The van der Waals surface area contributed by atoms with Gasteiger partial charge in [-0.05, 0) is 62.5 Å². The molecule has 0 bridgehead atoms. The fraction of sp³-hybridized carbons (Fsp3) is 0.235. The van der Waals surface area contributed by atoms with Crippen molar-refractivity contribution >= 4 is 23.0 Å². The van der Waals surface area contributed by atoms with Gasteiger partial charge in [-0.3, -0.25) is 0 Å². The molecule has 0 aromatic heterocycles. The van der Waals surface area contributed by atoms with Crippen LogP contribution >= 0.6 is 12.2 Å². The third-order valence-corrected chi connectivity index (χ3v) is 3.50. The van der Waals surface area contributed by atoms with E-state index in [4.69, 9.17) is 17.0 Å². The van der Waals surface area contributed by atoms with Gasteiger partial charge in [0.2, 0.25) is 0 Å². The number of ether oxygens (including phenoxy) is 1. The fourth-order valence-electron chi connectivity index (χ4n) is 1.94. The second-order valence-corrected chi connectivity index (χ2v) is 4.93. The van der Waals surface area contributed by atoms with Crippen LogP contribution in [0.15, 0.2) is 54.6 Å². The molecule has 3 nitrogen and oxygen atoms in total. The van der Waals surface area contributed by atoms with Gasteiger partial charge in [0, 0.05) is 18.8 Å². The van der Waals surface area contributed by atoms with Crippen LogP contribution in [0.25, 0.3) is 0 Å². The van der Waals surface area contributed by atoms with Crippen LogP contribution in [0.1, 0.15) is 13.8 Å². The molecule has 0 aliphatic carbocycles. The van der Waals surface area contributed by atoms with Crippen molar-refractivity contribution in [2.45, 2.75) is 13.8 Å². The van der Waals surface area contributed by atoms with Gasteiger partial charge in [-0.15, -0.1) is 0 Å². The monoisotopic (exact) mass is 300 g/mol. The summed E-state index contributed by atoms with van der Waals surface area (Å²) in [6.07, 6.45) is 0. The summed E-state index contributed by atoms with van der Waals surface area (Å²) in [5.41, 5.74) is 0.965. The molecular formula is C17H20N2OS. The lowest BCUT2D eigenvalue weighted by Gasteiger charge is -2.22. The molecule has 4 heteroatoms. The first-order valence-corrected chi connectivity index (χ1v) is 7.52. The van der Waals surface area contributed by atoms with Crippen LogP contribution < -0.4 is 10.1 Å². The molecule has 0 aliphatic heterocycles. The number of para-hydroxylation sites is 1. The molecule has 2 aromatic carbocycles. The zero-order chi connectivity index (χ0) is 15.1. The Kier molecular flexibility index (Phi) is 5.58. The van der Waals surface area contributed by atoms with Crippen LogP contribution in [-0.2, 0) is 0 Å². The van der Waals surface area contributed by atoms with Crippen molar-refractivity contribution in [1.82, 2.24) is 4.90 Å². The quantitative estimate of drug-likeness (QED) is 0.821. The highest BCUT2D eigenvalue weighted by Crippen LogP contribution is 2.22. The van der Waals surface area contributed by atoms with Gasteiger partial charge in [-0.2, -0.15) is 0 Å². The number of anilines is 1. The van der Waals surface area contributed by atoms with Crippen molar-refractivity contribution in [3.8, 4) is 11.5 Å². The second kappa shape index (κ2) is 7.64.